The number of rotatable bonds is 4. The van der Waals surface area contributed by atoms with E-state index in [-0.39, 0.29) is 0 Å². The van der Waals surface area contributed by atoms with Gasteiger partial charge in [-0.1, -0.05) is 0 Å². The molecule has 0 aromatic rings. The first-order chi connectivity index (χ1) is 8.58. The van der Waals surface area contributed by atoms with Gasteiger partial charge in [0.25, 0.3) is 0 Å². The van der Waals surface area contributed by atoms with Crippen molar-refractivity contribution in [3.05, 3.63) is 0 Å². The predicted octanol–water partition coefficient (Wildman–Crippen LogP) is 7.03. The Balaban J connectivity index is 5.96. The molecule has 0 aromatic heterocycles. The van der Waals surface area contributed by atoms with Crippen molar-refractivity contribution in [1.29, 1.82) is 0 Å². The quantitative estimate of drug-likeness (QED) is 0.495. The zero-order valence-corrected chi connectivity index (χ0v) is 19.7. The van der Waals surface area contributed by atoms with E-state index in [1.54, 1.807) is 0 Å². The summed E-state index contributed by atoms with van der Waals surface area (Å²) in [6.45, 7) is 22.2. The van der Waals surface area contributed by atoms with Crippen LogP contribution in [0.15, 0.2) is 0 Å². The zero-order valence-electron chi connectivity index (χ0n) is 16.0. The molecule has 20 heavy (non-hydrogen) atoms. The van der Waals surface area contributed by atoms with Crippen LogP contribution in [0.1, 0.15) is 62.3 Å². The standard InChI is InChI=1S/C16H40P2S2/c1-14(2,3)17(10,19-11)13-18(20-12,15(4,5)6)16(7,8)9/h17-18H,13H2,1-12H3. The second-order valence-corrected chi connectivity index (χ2v) is 27.5. The molecular formula is C16H40P2S2. The SMILES string of the molecule is CS[PH](C)(C[PH](SC)(C(C)(C)C)C(C)(C)C)C(C)(C)C. The summed E-state index contributed by atoms with van der Waals surface area (Å²) < 4.78 is 0. The Kier molecular flexibility index (Phi) is 7.10. The van der Waals surface area contributed by atoms with E-state index in [0.717, 1.165) is 0 Å². The molecule has 0 spiro atoms. The van der Waals surface area contributed by atoms with Gasteiger partial charge in [-0.15, -0.1) is 0 Å². The van der Waals surface area contributed by atoms with E-state index in [9.17, 15) is 0 Å². The summed E-state index contributed by atoms with van der Waals surface area (Å²) in [5.41, 5.74) is 0. The molecule has 0 aliphatic carbocycles. The molecule has 0 radical (unpaired) electrons. The zero-order chi connectivity index (χ0) is 16.6. The first kappa shape index (κ1) is 21.6. The molecule has 126 valence electrons. The molecule has 0 heterocycles. The second-order valence-electron chi connectivity index (χ2n) is 9.39. The molecule has 0 unspecified atom stereocenters. The summed E-state index contributed by atoms with van der Waals surface area (Å²) in [5, 5.41) is 1.36. The van der Waals surface area contributed by atoms with Gasteiger partial charge in [-0.25, -0.2) is 0 Å². The van der Waals surface area contributed by atoms with Crippen LogP contribution >= 0.6 is 35.7 Å². The average Bonchev–Trinajstić information content (AvgIpc) is 2.20. The fraction of sp³-hybridized carbons (Fsp3) is 1.00. The molecule has 0 atom stereocenters. The molecule has 0 rings (SSSR count). The Bertz CT molecular complexity index is 307. The third-order valence-corrected chi connectivity index (χ3v) is 32.6. The van der Waals surface area contributed by atoms with Gasteiger partial charge in [-0.3, -0.25) is 0 Å². The summed E-state index contributed by atoms with van der Waals surface area (Å²) in [6.07, 6.45) is 4.75. The molecule has 0 N–H and O–H groups in total. The summed E-state index contributed by atoms with van der Waals surface area (Å²) in [6, 6.07) is 0. The Hall–Kier alpha value is 1.56. The van der Waals surface area contributed by atoms with Gasteiger partial charge < -0.3 is 0 Å². The van der Waals surface area contributed by atoms with Gasteiger partial charge in [-0.05, 0) is 0 Å². The first-order valence-electron chi connectivity index (χ1n) is 7.68. The van der Waals surface area contributed by atoms with E-state index in [1.165, 1.54) is 5.90 Å². The van der Waals surface area contributed by atoms with Crippen molar-refractivity contribution in [1.82, 2.24) is 0 Å². The van der Waals surface area contributed by atoms with Gasteiger partial charge >= 0.3 is 139 Å². The fourth-order valence-electron chi connectivity index (χ4n) is 3.46. The topological polar surface area (TPSA) is 0 Å². The van der Waals surface area contributed by atoms with E-state index >= 15 is 0 Å². The Morgan fingerprint density at radius 2 is 1.00 bits per heavy atom. The van der Waals surface area contributed by atoms with Crippen LogP contribution in [0.4, 0.5) is 0 Å². The normalized spacial score (nSPS) is 17.2. The number of hydrogen-bond acceptors (Lipinski definition) is 2. The molecule has 0 saturated heterocycles. The van der Waals surface area contributed by atoms with Crippen LogP contribution in [0.25, 0.3) is 0 Å². The maximum absolute atomic E-state index is 2.63. The van der Waals surface area contributed by atoms with Gasteiger partial charge in [0.05, 0.1) is 0 Å². The predicted molar refractivity (Wildman–Crippen MR) is 114 cm³/mol. The third-order valence-electron chi connectivity index (χ3n) is 5.39. The minimum atomic E-state index is -1.48. The summed E-state index contributed by atoms with van der Waals surface area (Å²) in [5.74, 6) is 1.51. The molecule has 0 aliphatic rings. The third kappa shape index (κ3) is 4.10. The molecule has 0 fully saturated rings. The molecule has 0 amide bonds. The van der Waals surface area contributed by atoms with E-state index < -0.39 is 12.9 Å². The van der Waals surface area contributed by atoms with Crippen LogP contribution < -0.4 is 0 Å². The van der Waals surface area contributed by atoms with Crippen molar-refractivity contribution in [2.75, 3.05) is 25.1 Å². The van der Waals surface area contributed by atoms with E-state index in [4.69, 9.17) is 0 Å². The van der Waals surface area contributed by atoms with Crippen LogP contribution in [-0.2, 0) is 0 Å². The van der Waals surface area contributed by atoms with E-state index in [2.05, 4.69) is 104 Å². The average molecular weight is 359 g/mol. The Morgan fingerprint density at radius 3 is 1.15 bits per heavy atom. The Labute approximate surface area is 138 Å². The van der Waals surface area contributed by atoms with Crippen LogP contribution in [0.5, 0.6) is 0 Å². The van der Waals surface area contributed by atoms with Gasteiger partial charge in [0.1, 0.15) is 0 Å². The van der Waals surface area contributed by atoms with E-state index in [0.29, 0.717) is 15.5 Å². The van der Waals surface area contributed by atoms with Crippen molar-refractivity contribution >= 4 is 35.7 Å². The summed E-state index contributed by atoms with van der Waals surface area (Å²) in [7, 11) is 0. The monoisotopic (exact) mass is 358 g/mol. The van der Waals surface area contributed by atoms with Crippen molar-refractivity contribution < 1.29 is 0 Å². The Morgan fingerprint density at radius 1 is 0.650 bits per heavy atom. The molecular weight excluding hydrogens is 318 g/mol. The van der Waals surface area contributed by atoms with Crippen LogP contribution in [-0.4, -0.2) is 40.5 Å². The fourth-order valence-corrected chi connectivity index (χ4v) is 32.3. The molecule has 0 nitrogen and oxygen atoms in total. The molecule has 0 aromatic carbocycles. The van der Waals surface area contributed by atoms with E-state index in [1.807, 2.05) is 0 Å². The molecule has 0 aliphatic heterocycles. The van der Waals surface area contributed by atoms with Gasteiger partial charge in [0.15, 0.2) is 0 Å². The molecule has 0 saturated carbocycles. The van der Waals surface area contributed by atoms with Crippen LogP contribution in [0.3, 0.4) is 0 Å². The first-order valence-corrected chi connectivity index (χ1v) is 16.5. The summed E-state index contributed by atoms with van der Waals surface area (Å²) >= 11 is 4.46. The van der Waals surface area contributed by atoms with Crippen LogP contribution in [0.2, 0.25) is 0 Å². The van der Waals surface area contributed by atoms with Crippen molar-refractivity contribution in [2.24, 2.45) is 0 Å². The minimum absolute atomic E-state index is 0.444. The van der Waals surface area contributed by atoms with Crippen LogP contribution in [0, 0.1) is 0 Å². The van der Waals surface area contributed by atoms with Gasteiger partial charge in [0.2, 0.25) is 0 Å². The maximum atomic E-state index is 2.63. The second kappa shape index (κ2) is 6.59. The summed E-state index contributed by atoms with van der Waals surface area (Å²) in [4.78, 5) is 0. The van der Waals surface area contributed by atoms with Crippen molar-refractivity contribution in [3.63, 3.8) is 0 Å². The molecule has 0 bridgehead atoms. The van der Waals surface area contributed by atoms with Crippen molar-refractivity contribution in [3.8, 4) is 0 Å². The number of hydrogen-bond donors (Lipinski definition) is 0. The van der Waals surface area contributed by atoms with Crippen molar-refractivity contribution in [2.45, 2.75) is 77.8 Å². The molecule has 4 heteroatoms. The van der Waals surface area contributed by atoms with Gasteiger partial charge in [-0.2, -0.15) is 0 Å². The van der Waals surface area contributed by atoms with Gasteiger partial charge in [0, 0.05) is 0 Å².